The smallest absolute Gasteiger partial charge is 0.409 e. The summed E-state index contributed by atoms with van der Waals surface area (Å²) in [5.74, 6) is -4.33. The molecule has 426 valence electrons. The van der Waals surface area contributed by atoms with E-state index in [0.29, 0.717) is 30.9 Å². The summed E-state index contributed by atoms with van der Waals surface area (Å²) < 4.78 is 31.5. The van der Waals surface area contributed by atoms with Crippen molar-refractivity contribution in [1.29, 1.82) is 0 Å². The minimum Gasteiger partial charge on any atom is -0.495 e. The number of aryl methyl sites for hydroxylation is 1. The van der Waals surface area contributed by atoms with Crippen LogP contribution in [0, 0.1) is 5.92 Å². The molecule has 6 N–H and O–H groups in total. The standard InChI is InChI=1S/C55H75ClN8O14/c1-32-15-13-18-43(75-10)55(73)30-42(76-53(72)60-55)33(2)50-54(4,78-50)44(29-47(67)63(8)40-26-35(25-32)27-41(74-9)49(40)56)77-52(71)34(3)62(7)46(66)19-14-23-58-51(70)38(20-21-48(68)69)59-45(65)22-24-64-37(31-61(6)57-5)28-36-16-11-12-17-39(36)64/h11-13,15-18,26-28,33-34,38,42-44,50,57,73H,14,19-25,29-31H2,1-10H3,(H,58,70)(H,59,65)(H,60,72)(H,68,69)/b18-13+,32-15+/t33-,34+,38+,42+,43-,44+,50+,54+,55+/m1/s1. The fourth-order valence-corrected chi connectivity index (χ4v) is 10.3. The Hall–Kier alpha value is -6.56. The number of carbonyl (C=O) groups is 7. The normalized spacial score (nSPS) is 25.3. The zero-order valence-corrected chi connectivity index (χ0v) is 46.8. The lowest BCUT2D eigenvalue weighted by molar-refractivity contribution is -0.162. The van der Waals surface area contributed by atoms with Crippen LogP contribution in [0.15, 0.2) is 66.3 Å². The van der Waals surface area contributed by atoms with Crippen molar-refractivity contribution in [2.24, 2.45) is 5.92 Å². The number of benzene rings is 2. The molecule has 4 bridgehead atoms. The number of fused-ring (bicyclic) bond motifs is 6. The number of aliphatic hydroxyl groups is 1. The van der Waals surface area contributed by atoms with Crippen LogP contribution in [0.1, 0.15) is 83.9 Å². The summed E-state index contributed by atoms with van der Waals surface area (Å²) in [5.41, 5.74) is 3.73. The third-order valence-electron chi connectivity index (χ3n) is 14.9. The van der Waals surface area contributed by atoms with E-state index in [4.69, 9.17) is 35.3 Å². The van der Waals surface area contributed by atoms with Crippen LogP contribution < -0.4 is 31.0 Å². The van der Waals surface area contributed by atoms with E-state index in [9.17, 15) is 43.8 Å². The highest BCUT2D eigenvalue weighted by molar-refractivity contribution is 6.35. The number of epoxide rings is 1. The number of anilines is 1. The summed E-state index contributed by atoms with van der Waals surface area (Å²) in [4.78, 5) is 96.1. The zero-order chi connectivity index (χ0) is 57.2. The molecule has 3 aromatic rings. The van der Waals surface area contributed by atoms with E-state index >= 15 is 0 Å². The van der Waals surface area contributed by atoms with Crippen molar-refractivity contribution in [3.05, 3.63) is 82.5 Å². The molecule has 9 atom stereocenters. The van der Waals surface area contributed by atoms with Gasteiger partial charge >= 0.3 is 18.0 Å². The summed E-state index contributed by atoms with van der Waals surface area (Å²) in [6, 6.07) is 11.0. The van der Waals surface area contributed by atoms with Gasteiger partial charge in [-0.05, 0) is 82.3 Å². The second kappa shape index (κ2) is 26.4. The molecule has 5 amide bonds. The van der Waals surface area contributed by atoms with Gasteiger partial charge in [0.25, 0.3) is 0 Å². The van der Waals surface area contributed by atoms with Crippen molar-refractivity contribution in [2.75, 3.05) is 53.9 Å². The van der Waals surface area contributed by atoms with Crippen molar-refractivity contribution in [2.45, 2.75) is 140 Å². The van der Waals surface area contributed by atoms with E-state index in [2.05, 4.69) is 27.4 Å². The molecule has 1 aromatic heterocycles. The Morgan fingerprint density at radius 1 is 1.06 bits per heavy atom. The number of methoxy groups -OCH3 is 2. The molecule has 0 radical (unpaired) electrons. The average Bonchev–Trinajstić information content (AvgIpc) is 4.20. The van der Waals surface area contributed by atoms with Gasteiger partial charge in [-0.25, -0.2) is 14.6 Å². The monoisotopic (exact) mass is 1110 g/mol. The van der Waals surface area contributed by atoms with Gasteiger partial charge in [0.2, 0.25) is 23.6 Å². The quantitative estimate of drug-likeness (QED) is 0.0397. The largest absolute Gasteiger partial charge is 0.495 e. The van der Waals surface area contributed by atoms with Crippen LogP contribution in [0.2, 0.25) is 5.02 Å². The number of hydrogen-bond donors (Lipinski definition) is 6. The van der Waals surface area contributed by atoms with Crippen molar-refractivity contribution >= 4 is 69.9 Å². The van der Waals surface area contributed by atoms with Crippen molar-refractivity contribution in [1.82, 2.24) is 35.9 Å². The number of ether oxygens (including phenoxy) is 5. The number of allylic oxidation sites excluding steroid dienone is 3. The maximum atomic E-state index is 14.4. The summed E-state index contributed by atoms with van der Waals surface area (Å²) in [6.07, 6.45) is -0.300. The molecular weight excluding hydrogens is 1030 g/mol. The number of aromatic nitrogens is 1. The van der Waals surface area contributed by atoms with Gasteiger partial charge < -0.3 is 58.9 Å². The van der Waals surface area contributed by atoms with Crippen LogP contribution >= 0.6 is 11.6 Å². The second-order valence-electron chi connectivity index (χ2n) is 20.5. The highest BCUT2D eigenvalue weighted by atomic mass is 35.5. The molecule has 2 fully saturated rings. The van der Waals surface area contributed by atoms with Crippen LogP contribution in [-0.2, 0) is 67.2 Å². The highest BCUT2D eigenvalue weighted by Gasteiger charge is 2.64. The number of hydrogen-bond acceptors (Lipinski definition) is 15. The third kappa shape index (κ3) is 14.8. The number of esters is 1. The number of likely N-dealkylation sites (N-methyl/N-ethyl adjacent to an activating group) is 1. The molecule has 0 saturated carbocycles. The Bertz CT molecular complexity index is 2770. The lowest BCUT2D eigenvalue weighted by Crippen LogP contribution is -2.63. The molecule has 2 saturated heterocycles. The van der Waals surface area contributed by atoms with Crippen molar-refractivity contribution in [3.63, 3.8) is 0 Å². The molecule has 4 heterocycles. The number of alkyl carbamates (subject to hydrolysis) is 1. The lowest BCUT2D eigenvalue weighted by Gasteiger charge is -2.42. The molecule has 6 rings (SSSR count). The number of carboxylic acids is 1. The van der Waals surface area contributed by atoms with Crippen molar-refractivity contribution in [3.8, 4) is 5.75 Å². The number of amides is 5. The summed E-state index contributed by atoms with van der Waals surface area (Å²) in [7, 11) is 9.52. The van der Waals surface area contributed by atoms with E-state index < -0.39 is 102 Å². The maximum absolute atomic E-state index is 14.4. The van der Waals surface area contributed by atoms with Crippen LogP contribution in [0.25, 0.3) is 10.9 Å². The Kier molecular flexibility index (Phi) is 20.5. The molecule has 3 aliphatic rings. The van der Waals surface area contributed by atoms with Gasteiger partial charge in [-0.1, -0.05) is 60.5 Å². The SMILES string of the molecule is CNN(C)Cc1cc2ccccc2n1CCC(=O)N[C@@H](CCC(=O)O)C(=O)NCCCC(=O)N(C)[C@@H](C)C(=O)O[C@H]1CC(=O)N(C)c2cc(cc(OC)c2Cl)C/C(C)=C/C=C/[C@@H](OC)[C@@]2(O)C[C@H](OC(=O)N2)[C@@H](C)[C@@H]2O[C@@]12C. The van der Waals surface area contributed by atoms with E-state index in [0.717, 1.165) is 27.7 Å². The van der Waals surface area contributed by atoms with Crippen LogP contribution in [-0.4, -0.2) is 163 Å². The molecular formula is C55H75ClN8O14. The number of carboxylic acid groups (broad SMARTS) is 1. The van der Waals surface area contributed by atoms with E-state index in [1.165, 1.54) is 45.0 Å². The number of para-hydroxylation sites is 1. The van der Waals surface area contributed by atoms with E-state index in [1.54, 1.807) is 38.1 Å². The van der Waals surface area contributed by atoms with Gasteiger partial charge in [-0.15, -0.1) is 0 Å². The summed E-state index contributed by atoms with van der Waals surface area (Å²) in [5, 5.41) is 32.3. The van der Waals surface area contributed by atoms with E-state index in [-0.39, 0.29) is 50.1 Å². The minimum absolute atomic E-state index is 0.0109. The zero-order valence-electron chi connectivity index (χ0n) is 46.1. The topological polar surface area (TPSA) is 272 Å². The number of nitrogens with one attached hydrogen (secondary N) is 4. The van der Waals surface area contributed by atoms with Gasteiger partial charge in [-0.2, -0.15) is 0 Å². The number of hydrazine groups is 1. The first-order chi connectivity index (χ1) is 36.9. The maximum Gasteiger partial charge on any atom is 0.409 e. The fraction of sp³-hybridized carbons (Fsp3) is 0.545. The van der Waals surface area contributed by atoms with Gasteiger partial charge in [0.05, 0.1) is 31.9 Å². The molecule has 78 heavy (non-hydrogen) atoms. The average molecular weight is 1110 g/mol. The number of halogens is 1. The number of aliphatic carboxylic acids is 1. The molecule has 0 aliphatic carbocycles. The van der Waals surface area contributed by atoms with Crippen LogP contribution in [0.4, 0.5) is 10.5 Å². The third-order valence-corrected chi connectivity index (χ3v) is 15.3. The van der Waals surface area contributed by atoms with Gasteiger partial charge in [0, 0.05) is 84.2 Å². The summed E-state index contributed by atoms with van der Waals surface area (Å²) >= 11 is 6.82. The highest BCUT2D eigenvalue weighted by Crippen LogP contribution is 2.49. The van der Waals surface area contributed by atoms with Gasteiger partial charge in [-0.3, -0.25) is 34.7 Å². The Labute approximate surface area is 459 Å². The Balaban J connectivity index is 1.12. The lowest BCUT2D eigenvalue weighted by atomic mass is 9.83. The van der Waals surface area contributed by atoms with E-state index in [1.807, 2.05) is 60.9 Å². The fourth-order valence-electron chi connectivity index (χ4n) is 9.97. The molecule has 3 aliphatic heterocycles. The first-order valence-electron chi connectivity index (χ1n) is 26.0. The number of nitrogens with zero attached hydrogens (tertiary/aromatic N) is 4. The van der Waals surface area contributed by atoms with Crippen LogP contribution in [0.3, 0.4) is 0 Å². The van der Waals surface area contributed by atoms with Crippen LogP contribution in [0.5, 0.6) is 5.75 Å². The minimum atomic E-state index is -1.90. The van der Waals surface area contributed by atoms with Gasteiger partial charge in [0.15, 0.2) is 5.72 Å². The van der Waals surface area contributed by atoms with Crippen molar-refractivity contribution < 1.29 is 67.5 Å². The first-order valence-corrected chi connectivity index (χ1v) is 26.4. The first kappa shape index (κ1) is 60.7. The molecule has 0 unspecified atom stereocenters. The Morgan fingerprint density at radius 2 is 1.79 bits per heavy atom. The Morgan fingerprint density at radius 3 is 2.49 bits per heavy atom. The second-order valence-corrected chi connectivity index (χ2v) is 20.9. The predicted molar refractivity (Wildman–Crippen MR) is 289 cm³/mol. The number of rotatable bonds is 20. The van der Waals surface area contributed by atoms with Gasteiger partial charge in [0.1, 0.15) is 46.8 Å². The molecule has 22 nitrogen and oxygen atoms in total. The molecule has 0 spiro atoms. The summed E-state index contributed by atoms with van der Waals surface area (Å²) in [6.45, 7) is 7.64. The molecule has 2 aromatic carbocycles. The predicted octanol–water partition coefficient (Wildman–Crippen LogP) is 4.37. The number of carbonyl (C=O) groups excluding carboxylic acids is 6. The molecule has 23 heteroatoms.